The maximum absolute atomic E-state index is 15.4. The Kier molecular flexibility index (Phi) is 32.1. The third-order valence-electron chi connectivity index (χ3n) is 19.0. The molecule has 5 aromatic carbocycles. The van der Waals surface area contributed by atoms with E-state index in [1.807, 2.05) is 127 Å². The number of nitrogens with one attached hydrogen (secondary N) is 11. The largest absolute Gasteiger partial charge is 0.368 e. The molecular formula is C78H106N18O9. The van der Waals surface area contributed by atoms with Crippen LogP contribution in [0.4, 0.5) is 0 Å². The fourth-order valence-corrected chi connectivity index (χ4v) is 13.0. The van der Waals surface area contributed by atoms with Crippen LogP contribution >= 0.6 is 0 Å². The normalized spacial score (nSPS) is 14.0. The molecule has 27 heteroatoms. The summed E-state index contributed by atoms with van der Waals surface area (Å²) in [5.41, 5.74) is 48.3. The Bertz CT molecular complexity index is 4120. The van der Waals surface area contributed by atoms with Crippen molar-refractivity contribution in [3.05, 3.63) is 168 Å². The minimum atomic E-state index is -1.42. The number of hydrogen-bond acceptors (Lipinski definition) is 15. The van der Waals surface area contributed by atoms with E-state index in [4.69, 9.17) is 40.1 Å². The van der Waals surface area contributed by atoms with E-state index in [1.54, 1.807) is 18.6 Å². The Hall–Kier alpha value is -10.3. The lowest BCUT2D eigenvalue weighted by Crippen LogP contribution is -2.61. The molecule has 3 heterocycles. The fourth-order valence-electron chi connectivity index (χ4n) is 13.0. The first-order valence-corrected chi connectivity index (χ1v) is 36.7. The van der Waals surface area contributed by atoms with Gasteiger partial charge in [0.1, 0.15) is 48.3 Å². The standard InChI is InChI=1S/C78H106N18O9/c79-37-15-10-25-58(84)71(98)90-63(30-12-17-39-81)73(100)93-66(42-49-33-35-51(36-34-49)50-20-2-1-3-21-50)75(102)95-68(44-53-47-87-60-27-8-5-23-56(53)60)77(104)92-64(31-13-18-40-82)72(99)91-65(32-14-19-41-83)74(101)94-69(45-54-48-88-61-28-9-6-24-57(54)61)78(105)96-67(43-52-46-86-59-26-7-4-22-55(52)59)76(103)89-62(70(85)97)29-11-16-38-80/h1-9,20-24,26-28,33-36,46-48,58,62-69,86-88H,10-19,25,29-32,37-45,79-84H2,(H2,85,97)(H,89,103)(H,90,98)(H,91,99)(H,92,104)(H,93,100)(H,94,101)(H,95,102)(H,96,105)/t58-,62-,63-,64-,65-,66?,67-,68-,69-/m0/s1. The van der Waals surface area contributed by atoms with Gasteiger partial charge in [-0.25, -0.2) is 0 Å². The zero-order valence-corrected chi connectivity index (χ0v) is 59.7. The van der Waals surface area contributed by atoms with E-state index in [1.165, 1.54) is 0 Å². The molecule has 9 atom stereocenters. The molecule has 3 aromatic heterocycles. The van der Waals surface area contributed by atoms with Gasteiger partial charge in [-0.2, -0.15) is 0 Å². The third-order valence-corrected chi connectivity index (χ3v) is 19.0. The number of hydrogen-bond donors (Lipinski definition) is 18. The van der Waals surface area contributed by atoms with Gasteiger partial charge >= 0.3 is 0 Å². The van der Waals surface area contributed by atoms with Gasteiger partial charge in [0.05, 0.1) is 6.04 Å². The van der Waals surface area contributed by atoms with Crippen molar-refractivity contribution in [3.63, 3.8) is 0 Å². The number of amides is 9. The summed E-state index contributed by atoms with van der Waals surface area (Å²) in [7, 11) is 0. The fraction of sp³-hybridized carbons (Fsp3) is 0.423. The second kappa shape index (κ2) is 41.9. The SMILES string of the molecule is NCCCC[C@H](NC(=O)[C@H](Cc1c[nH]c2ccccc12)NC(=O)[C@H](Cc1c[nH]c2ccccc12)NC(=O)[C@H](CCCCN)NC(=O)[C@H](CCCCN)NC(=O)[C@H](Cc1c[nH]c2ccccc12)NC(=O)C(Cc1ccc(-c2ccccc2)cc1)NC(=O)[C@H](CCCCN)NC(=O)[C@@H](N)CCCCN)C(N)=O. The van der Waals surface area contributed by atoms with Crippen LogP contribution in [-0.2, 0) is 68.8 Å². The van der Waals surface area contributed by atoms with E-state index in [-0.39, 0.29) is 64.5 Å². The van der Waals surface area contributed by atoms with E-state index in [2.05, 4.69) is 57.5 Å². The van der Waals surface area contributed by atoms with Crippen molar-refractivity contribution in [2.75, 3.05) is 32.7 Å². The summed E-state index contributed by atoms with van der Waals surface area (Å²) in [6, 6.07) is 28.2. The predicted molar refractivity (Wildman–Crippen MR) is 409 cm³/mol. The molecule has 0 bridgehead atoms. The molecule has 0 aliphatic rings. The minimum Gasteiger partial charge on any atom is -0.368 e. The number of carbonyl (C=O) groups excluding carboxylic acids is 9. The molecule has 9 amide bonds. The lowest BCUT2D eigenvalue weighted by Gasteiger charge is -2.28. The summed E-state index contributed by atoms with van der Waals surface area (Å²) in [5, 5.41) is 25.4. The number of H-pyrrole nitrogens is 3. The molecule has 0 radical (unpaired) electrons. The van der Waals surface area contributed by atoms with Gasteiger partial charge in [0.25, 0.3) is 0 Å². The van der Waals surface area contributed by atoms with Crippen LogP contribution in [0.15, 0.2) is 146 Å². The van der Waals surface area contributed by atoms with Crippen LogP contribution in [0.1, 0.15) is 119 Å². The average Bonchev–Trinajstić information content (AvgIpc) is 1.74. The van der Waals surface area contributed by atoms with Gasteiger partial charge in [0, 0.05) is 77.0 Å². The van der Waals surface area contributed by atoms with Crippen molar-refractivity contribution < 1.29 is 43.2 Å². The molecule has 0 fully saturated rings. The summed E-state index contributed by atoms with van der Waals surface area (Å²) >= 11 is 0. The van der Waals surface area contributed by atoms with Crippen molar-refractivity contribution >= 4 is 85.9 Å². The van der Waals surface area contributed by atoms with Crippen LogP contribution in [0.2, 0.25) is 0 Å². The molecule has 27 nitrogen and oxygen atoms in total. The Morgan fingerprint density at radius 2 is 0.571 bits per heavy atom. The van der Waals surface area contributed by atoms with E-state index in [0.29, 0.717) is 113 Å². The third kappa shape index (κ3) is 24.1. The van der Waals surface area contributed by atoms with Crippen molar-refractivity contribution in [1.29, 1.82) is 0 Å². The van der Waals surface area contributed by atoms with Gasteiger partial charge in [-0.05, 0) is 174 Å². The average molecular weight is 1440 g/mol. The Morgan fingerprint density at radius 3 is 0.924 bits per heavy atom. The van der Waals surface area contributed by atoms with Gasteiger partial charge < -0.3 is 97.6 Å². The van der Waals surface area contributed by atoms with Gasteiger partial charge in [0.15, 0.2) is 0 Å². The van der Waals surface area contributed by atoms with E-state index in [0.717, 1.165) is 43.8 Å². The molecule has 0 aliphatic heterocycles. The number of para-hydroxylation sites is 3. The monoisotopic (exact) mass is 1440 g/mol. The molecule has 562 valence electrons. The highest BCUT2D eigenvalue weighted by molar-refractivity contribution is 5.99. The number of aromatic nitrogens is 3. The molecular weight excluding hydrogens is 1330 g/mol. The van der Waals surface area contributed by atoms with Crippen LogP contribution in [0.3, 0.4) is 0 Å². The number of fused-ring (bicyclic) bond motifs is 3. The number of benzene rings is 5. The van der Waals surface area contributed by atoms with Gasteiger partial charge in [-0.15, -0.1) is 0 Å². The number of unbranched alkanes of at least 4 members (excludes halogenated alkanes) is 5. The minimum absolute atomic E-state index is 0.0281. The lowest BCUT2D eigenvalue weighted by atomic mass is 9.98. The summed E-state index contributed by atoms with van der Waals surface area (Å²) in [4.78, 5) is 142. The second-order valence-corrected chi connectivity index (χ2v) is 26.9. The van der Waals surface area contributed by atoms with Crippen LogP contribution < -0.4 is 82.7 Å². The molecule has 0 spiro atoms. The van der Waals surface area contributed by atoms with Crippen molar-refractivity contribution in [2.45, 2.75) is 176 Å². The maximum Gasteiger partial charge on any atom is 0.243 e. The lowest BCUT2D eigenvalue weighted by molar-refractivity contribution is -0.136. The van der Waals surface area contributed by atoms with Crippen LogP contribution in [0.25, 0.3) is 43.8 Å². The Balaban J connectivity index is 1.10. The van der Waals surface area contributed by atoms with Gasteiger partial charge in [-0.1, -0.05) is 116 Å². The quantitative estimate of drug-likeness (QED) is 0.0243. The maximum atomic E-state index is 15.4. The predicted octanol–water partition coefficient (Wildman–Crippen LogP) is 3.40. The molecule has 8 rings (SSSR count). The smallest absolute Gasteiger partial charge is 0.243 e. The number of primary amides is 1. The molecule has 0 saturated heterocycles. The van der Waals surface area contributed by atoms with E-state index >= 15 is 24.0 Å². The molecule has 25 N–H and O–H groups in total. The number of carbonyl (C=O) groups is 9. The summed E-state index contributed by atoms with van der Waals surface area (Å²) in [5.74, 6) is -6.52. The molecule has 0 aliphatic carbocycles. The first-order chi connectivity index (χ1) is 50.9. The summed E-state index contributed by atoms with van der Waals surface area (Å²) in [6.07, 6.45) is 10.5. The highest BCUT2D eigenvalue weighted by atomic mass is 16.2. The summed E-state index contributed by atoms with van der Waals surface area (Å²) in [6.45, 7) is 1.61. The molecule has 105 heavy (non-hydrogen) atoms. The van der Waals surface area contributed by atoms with Crippen LogP contribution in [0, 0.1) is 0 Å². The zero-order chi connectivity index (χ0) is 75.0. The van der Waals surface area contributed by atoms with Crippen molar-refractivity contribution in [1.82, 2.24) is 57.5 Å². The number of rotatable bonds is 46. The van der Waals surface area contributed by atoms with Gasteiger partial charge in [0.2, 0.25) is 53.2 Å². The van der Waals surface area contributed by atoms with E-state index < -0.39 is 108 Å². The first kappa shape index (κ1) is 80.4. The topological polar surface area (TPSA) is 479 Å². The Labute approximate surface area is 612 Å². The highest BCUT2D eigenvalue weighted by Gasteiger charge is 2.36. The zero-order valence-electron chi connectivity index (χ0n) is 59.7. The van der Waals surface area contributed by atoms with Crippen molar-refractivity contribution in [2.24, 2.45) is 40.1 Å². The van der Waals surface area contributed by atoms with Crippen LogP contribution in [0.5, 0.6) is 0 Å². The second-order valence-electron chi connectivity index (χ2n) is 26.9. The Morgan fingerprint density at radius 1 is 0.295 bits per heavy atom. The van der Waals surface area contributed by atoms with Crippen LogP contribution in [-0.4, -0.2) is 155 Å². The van der Waals surface area contributed by atoms with E-state index in [9.17, 15) is 19.2 Å². The summed E-state index contributed by atoms with van der Waals surface area (Å²) < 4.78 is 0. The van der Waals surface area contributed by atoms with Crippen molar-refractivity contribution in [3.8, 4) is 11.1 Å². The molecule has 0 saturated carbocycles. The highest BCUT2D eigenvalue weighted by Crippen LogP contribution is 2.25. The molecule has 1 unspecified atom stereocenters. The van der Waals surface area contributed by atoms with Gasteiger partial charge in [-0.3, -0.25) is 43.2 Å². The first-order valence-electron chi connectivity index (χ1n) is 36.7. The molecule has 8 aromatic rings. The number of aromatic amines is 3. The number of nitrogens with two attached hydrogens (primary N) is 7.